The molecular weight excluding hydrogens is 250 g/mol. The summed E-state index contributed by atoms with van der Waals surface area (Å²) in [7, 11) is 3.90. The van der Waals surface area contributed by atoms with Gasteiger partial charge in [-0.2, -0.15) is 0 Å². The van der Waals surface area contributed by atoms with E-state index in [1.165, 1.54) is 11.1 Å². The minimum Gasteiger partial charge on any atom is -0.496 e. The van der Waals surface area contributed by atoms with Crippen LogP contribution in [-0.4, -0.2) is 56.2 Å². The van der Waals surface area contributed by atoms with Crippen molar-refractivity contribution in [1.82, 2.24) is 9.80 Å². The van der Waals surface area contributed by atoms with Gasteiger partial charge in [0.05, 0.1) is 7.11 Å². The molecule has 0 saturated carbocycles. The summed E-state index contributed by atoms with van der Waals surface area (Å²) >= 11 is 0. The Labute approximate surface area is 122 Å². The summed E-state index contributed by atoms with van der Waals surface area (Å²) in [5, 5.41) is 0. The number of benzene rings is 1. The third kappa shape index (κ3) is 3.14. The smallest absolute Gasteiger partial charge is 0.121 e. The van der Waals surface area contributed by atoms with Crippen molar-refractivity contribution in [3.05, 3.63) is 29.3 Å². The highest BCUT2D eigenvalue weighted by Crippen LogP contribution is 2.28. The molecule has 0 spiro atoms. The van der Waals surface area contributed by atoms with Crippen LogP contribution < -0.4 is 10.5 Å². The third-order valence-corrected chi connectivity index (χ3v) is 4.31. The van der Waals surface area contributed by atoms with Gasteiger partial charge >= 0.3 is 0 Å². The summed E-state index contributed by atoms with van der Waals surface area (Å²) in [5.74, 6) is 0.941. The number of nitrogens with zero attached hydrogens (tertiary/aromatic N) is 2. The quantitative estimate of drug-likeness (QED) is 0.908. The molecule has 112 valence electrons. The first-order valence-electron chi connectivity index (χ1n) is 7.35. The van der Waals surface area contributed by atoms with Crippen LogP contribution in [0.25, 0.3) is 0 Å². The van der Waals surface area contributed by atoms with E-state index >= 15 is 0 Å². The topological polar surface area (TPSA) is 41.7 Å². The van der Waals surface area contributed by atoms with Crippen molar-refractivity contribution in [3.8, 4) is 5.75 Å². The minimum absolute atomic E-state index is 0.295. The lowest BCUT2D eigenvalue weighted by molar-refractivity contribution is 0.0635. The van der Waals surface area contributed by atoms with Crippen molar-refractivity contribution in [2.75, 3.05) is 40.3 Å². The fourth-order valence-corrected chi connectivity index (χ4v) is 3.19. The van der Waals surface area contributed by atoms with E-state index in [2.05, 4.69) is 42.8 Å². The van der Waals surface area contributed by atoms with Crippen molar-refractivity contribution in [2.24, 2.45) is 5.73 Å². The first kappa shape index (κ1) is 15.3. The standard InChI is InChI=1S/C16H27N3O/c1-12-9-14(5-6-16(12)20-4)15(10-17)19-8-7-18(3)11-13(19)2/h5-6,9,13,15H,7-8,10-11,17H2,1-4H3. The summed E-state index contributed by atoms with van der Waals surface area (Å²) in [6.07, 6.45) is 0. The Hall–Kier alpha value is -1.10. The zero-order chi connectivity index (χ0) is 14.7. The van der Waals surface area contributed by atoms with Gasteiger partial charge in [-0.25, -0.2) is 0 Å². The second-order valence-corrected chi connectivity index (χ2v) is 5.83. The summed E-state index contributed by atoms with van der Waals surface area (Å²) in [4.78, 5) is 4.91. The van der Waals surface area contributed by atoms with E-state index in [0.717, 1.165) is 25.4 Å². The fourth-order valence-electron chi connectivity index (χ4n) is 3.19. The first-order valence-corrected chi connectivity index (χ1v) is 7.35. The SMILES string of the molecule is COc1ccc(C(CN)N2CCN(C)CC2C)cc1C. The molecule has 1 aliphatic heterocycles. The van der Waals surface area contributed by atoms with Crippen molar-refractivity contribution < 1.29 is 4.74 Å². The molecule has 20 heavy (non-hydrogen) atoms. The molecule has 2 atom stereocenters. The van der Waals surface area contributed by atoms with Crippen molar-refractivity contribution in [3.63, 3.8) is 0 Å². The number of methoxy groups -OCH3 is 1. The molecule has 2 unspecified atom stereocenters. The van der Waals surface area contributed by atoms with E-state index in [4.69, 9.17) is 10.5 Å². The lowest BCUT2D eigenvalue weighted by Gasteiger charge is -2.42. The number of piperazine rings is 1. The van der Waals surface area contributed by atoms with Crippen LogP contribution in [-0.2, 0) is 0 Å². The Kier molecular flexibility index (Phi) is 5.02. The highest BCUT2D eigenvalue weighted by atomic mass is 16.5. The molecule has 0 aromatic heterocycles. The lowest BCUT2D eigenvalue weighted by Crippen LogP contribution is -2.52. The number of likely N-dealkylation sites (N-methyl/N-ethyl adjacent to an activating group) is 1. The van der Waals surface area contributed by atoms with E-state index in [9.17, 15) is 0 Å². The Balaban J connectivity index is 2.21. The van der Waals surface area contributed by atoms with Gasteiger partial charge < -0.3 is 15.4 Å². The molecule has 2 rings (SSSR count). The van der Waals surface area contributed by atoms with Crippen LogP contribution in [0.15, 0.2) is 18.2 Å². The second-order valence-electron chi connectivity index (χ2n) is 5.83. The van der Waals surface area contributed by atoms with E-state index < -0.39 is 0 Å². The molecule has 4 nitrogen and oxygen atoms in total. The normalized spacial score (nSPS) is 22.8. The van der Waals surface area contributed by atoms with Crippen LogP contribution in [0.5, 0.6) is 5.75 Å². The lowest BCUT2D eigenvalue weighted by atomic mass is 9.99. The molecule has 0 aliphatic carbocycles. The van der Waals surface area contributed by atoms with Crippen LogP contribution in [0.1, 0.15) is 24.1 Å². The number of hydrogen-bond acceptors (Lipinski definition) is 4. The maximum atomic E-state index is 6.07. The molecule has 1 saturated heterocycles. The summed E-state index contributed by atoms with van der Waals surface area (Å²) < 4.78 is 5.34. The van der Waals surface area contributed by atoms with Gasteiger partial charge in [-0.05, 0) is 38.1 Å². The predicted octanol–water partition coefficient (Wildman–Crippen LogP) is 1.64. The van der Waals surface area contributed by atoms with Crippen LogP contribution >= 0.6 is 0 Å². The van der Waals surface area contributed by atoms with E-state index in [-0.39, 0.29) is 0 Å². The average molecular weight is 277 g/mol. The summed E-state index contributed by atoms with van der Waals surface area (Å²) in [6, 6.07) is 7.23. The molecule has 0 radical (unpaired) electrons. The molecule has 0 bridgehead atoms. The van der Waals surface area contributed by atoms with Gasteiger partial charge in [0.15, 0.2) is 0 Å². The third-order valence-electron chi connectivity index (χ3n) is 4.31. The number of rotatable bonds is 4. The second kappa shape index (κ2) is 6.57. The van der Waals surface area contributed by atoms with Crippen LogP contribution in [0, 0.1) is 6.92 Å². The molecule has 0 amide bonds. The molecule has 1 aromatic rings. The largest absolute Gasteiger partial charge is 0.496 e. The fraction of sp³-hybridized carbons (Fsp3) is 0.625. The molecular formula is C16H27N3O. The zero-order valence-corrected chi connectivity index (χ0v) is 13.1. The van der Waals surface area contributed by atoms with Gasteiger partial charge in [0, 0.05) is 38.3 Å². The van der Waals surface area contributed by atoms with Gasteiger partial charge in [0.1, 0.15) is 5.75 Å². The number of ether oxygens (including phenoxy) is 1. The highest BCUT2D eigenvalue weighted by molar-refractivity contribution is 5.37. The number of aryl methyl sites for hydroxylation is 1. The van der Waals surface area contributed by atoms with Crippen molar-refractivity contribution in [1.29, 1.82) is 0 Å². The maximum absolute atomic E-state index is 6.07. The van der Waals surface area contributed by atoms with E-state index in [0.29, 0.717) is 18.6 Å². The molecule has 4 heteroatoms. The molecule has 1 aromatic carbocycles. The van der Waals surface area contributed by atoms with Crippen molar-refractivity contribution >= 4 is 0 Å². The van der Waals surface area contributed by atoms with Gasteiger partial charge in [0.2, 0.25) is 0 Å². The van der Waals surface area contributed by atoms with Gasteiger partial charge in [-0.3, -0.25) is 4.90 Å². The van der Waals surface area contributed by atoms with Gasteiger partial charge in [0.25, 0.3) is 0 Å². The van der Waals surface area contributed by atoms with Crippen LogP contribution in [0.4, 0.5) is 0 Å². The summed E-state index contributed by atoms with van der Waals surface area (Å²) in [6.45, 7) is 8.31. The van der Waals surface area contributed by atoms with E-state index in [1.807, 2.05) is 6.07 Å². The Morgan fingerprint density at radius 1 is 1.40 bits per heavy atom. The zero-order valence-electron chi connectivity index (χ0n) is 13.1. The Morgan fingerprint density at radius 2 is 2.15 bits per heavy atom. The first-order chi connectivity index (χ1) is 9.56. The van der Waals surface area contributed by atoms with Gasteiger partial charge in [-0.1, -0.05) is 12.1 Å². The average Bonchev–Trinajstić information content (AvgIpc) is 2.42. The molecule has 1 aliphatic rings. The molecule has 1 fully saturated rings. The monoisotopic (exact) mass is 277 g/mol. The number of nitrogens with two attached hydrogens (primary N) is 1. The Bertz CT molecular complexity index is 449. The number of hydrogen-bond donors (Lipinski definition) is 1. The van der Waals surface area contributed by atoms with Crippen LogP contribution in [0.2, 0.25) is 0 Å². The van der Waals surface area contributed by atoms with Crippen molar-refractivity contribution in [2.45, 2.75) is 25.9 Å². The Morgan fingerprint density at radius 3 is 2.70 bits per heavy atom. The predicted molar refractivity (Wildman–Crippen MR) is 83.2 cm³/mol. The molecule has 2 N–H and O–H groups in total. The highest BCUT2D eigenvalue weighted by Gasteiger charge is 2.28. The molecule has 1 heterocycles. The summed E-state index contributed by atoms with van der Waals surface area (Å²) in [5.41, 5.74) is 8.53. The van der Waals surface area contributed by atoms with Crippen LogP contribution in [0.3, 0.4) is 0 Å². The van der Waals surface area contributed by atoms with Gasteiger partial charge in [-0.15, -0.1) is 0 Å². The van der Waals surface area contributed by atoms with E-state index in [1.54, 1.807) is 7.11 Å². The minimum atomic E-state index is 0.295. The maximum Gasteiger partial charge on any atom is 0.121 e.